The highest BCUT2D eigenvalue weighted by atomic mass is 32.3. The number of hydrogen-bond donors (Lipinski definition) is 4. The molecule has 0 aliphatic carbocycles. The Morgan fingerprint density at radius 2 is 1.69 bits per heavy atom. The maximum absolute atomic E-state index is 14.6. The third-order valence-electron chi connectivity index (χ3n) is 7.83. The Morgan fingerprint density at radius 3 is 2.33 bits per heavy atom. The zero-order chi connectivity index (χ0) is 30.5. The molecule has 4 rings (SSSR count). The van der Waals surface area contributed by atoms with E-state index in [1.165, 1.54) is 6.07 Å². The van der Waals surface area contributed by atoms with Crippen LogP contribution < -0.4 is 10.1 Å². The van der Waals surface area contributed by atoms with Crippen molar-refractivity contribution in [3.63, 3.8) is 0 Å². The molecule has 3 aromatic rings. The van der Waals surface area contributed by atoms with Gasteiger partial charge in [0.1, 0.15) is 23.8 Å². The van der Waals surface area contributed by atoms with Gasteiger partial charge in [-0.3, -0.25) is 13.9 Å². The summed E-state index contributed by atoms with van der Waals surface area (Å²) < 4.78 is 45.3. The predicted octanol–water partition coefficient (Wildman–Crippen LogP) is 7.18. The summed E-state index contributed by atoms with van der Waals surface area (Å²) in [4.78, 5) is 11.6. The lowest BCUT2D eigenvalue weighted by Crippen LogP contribution is -2.42. The standard InChI is InChI=1S/C33H42FNO6S/c1-5-40-31(36)11-9-26-8-10-27(19-30(26)34)35-20-25-7-6-22(2)29(18-25)32-23(3)16-28(17-24(32)4)41-21-33(37)12-14-42(38,39)15-13-33/h6-8,10,16-19,35,37-39H,5,9,11-15,20-21H2,1-4H3. The molecule has 1 aliphatic rings. The first-order chi connectivity index (χ1) is 19.9. The van der Waals surface area contributed by atoms with E-state index in [0.29, 0.717) is 49.4 Å². The second-order valence-electron chi connectivity index (χ2n) is 11.3. The molecule has 9 heteroatoms. The van der Waals surface area contributed by atoms with Crippen molar-refractivity contribution in [2.24, 2.45) is 0 Å². The molecule has 0 unspecified atom stereocenters. The number of esters is 1. The van der Waals surface area contributed by atoms with Crippen molar-refractivity contribution in [2.75, 3.05) is 30.0 Å². The molecule has 1 aliphatic heterocycles. The van der Waals surface area contributed by atoms with Crippen LogP contribution in [0.5, 0.6) is 5.75 Å². The number of aryl methyl sites for hydroxylation is 4. The fraction of sp³-hybridized carbons (Fsp3) is 0.424. The van der Waals surface area contributed by atoms with E-state index in [1.807, 2.05) is 32.0 Å². The van der Waals surface area contributed by atoms with Gasteiger partial charge in [0.15, 0.2) is 0 Å². The third-order valence-corrected chi connectivity index (χ3v) is 9.54. The molecule has 1 saturated heterocycles. The molecule has 228 valence electrons. The van der Waals surface area contributed by atoms with Gasteiger partial charge in [-0.1, -0.05) is 18.2 Å². The van der Waals surface area contributed by atoms with Crippen LogP contribution in [-0.2, 0) is 22.5 Å². The van der Waals surface area contributed by atoms with E-state index in [9.17, 15) is 23.4 Å². The number of benzene rings is 3. The summed E-state index contributed by atoms with van der Waals surface area (Å²) >= 11 is 0. The predicted molar refractivity (Wildman–Crippen MR) is 167 cm³/mol. The minimum Gasteiger partial charge on any atom is -0.491 e. The van der Waals surface area contributed by atoms with E-state index in [-0.39, 0.29) is 36.3 Å². The highest BCUT2D eigenvalue weighted by Crippen LogP contribution is 2.47. The Balaban J connectivity index is 1.42. The first-order valence-electron chi connectivity index (χ1n) is 14.4. The van der Waals surface area contributed by atoms with Crippen LogP contribution in [0.4, 0.5) is 10.1 Å². The summed E-state index contributed by atoms with van der Waals surface area (Å²) in [5.74, 6) is 0.386. The molecule has 3 aromatic carbocycles. The van der Waals surface area contributed by atoms with Crippen LogP contribution in [0.3, 0.4) is 0 Å². The molecule has 0 radical (unpaired) electrons. The minimum absolute atomic E-state index is 0.105. The molecular weight excluding hydrogens is 557 g/mol. The fourth-order valence-corrected chi connectivity index (χ4v) is 6.93. The molecule has 4 N–H and O–H groups in total. The van der Waals surface area contributed by atoms with Crippen molar-refractivity contribution >= 4 is 22.2 Å². The van der Waals surface area contributed by atoms with Crippen LogP contribution in [0.1, 0.15) is 54.0 Å². The van der Waals surface area contributed by atoms with E-state index in [1.54, 1.807) is 13.0 Å². The molecule has 0 atom stereocenters. The summed E-state index contributed by atoms with van der Waals surface area (Å²) in [6.07, 6.45) is 1.05. The quantitative estimate of drug-likeness (QED) is 0.173. The Morgan fingerprint density at radius 1 is 1.00 bits per heavy atom. The van der Waals surface area contributed by atoms with Gasteiger partial charge in [-0.05, 0) is 116 Å². The second-order valence-corrected chi connectivity index (χ2v) is 13.7. The van der Waals surface area contributed by atoms with Gasteiger partial charge in [-0.25, -0.2) is 4.39 Å². The summed E-state index contributed by atoms with van der Waals surface area (Å²) in [6.45, 7) is 8.83. The second kappa shape index (κ2) is 13.5. The molecular formula is C33H42FNO6S. The average Bonchev–Trinajstić information content (AvgIpc) is 2.93. The number of aliphatic hydroxyl groups is 1. The van der Waals surface area contributed by atoms with Crippen molar-refractivity contribution in [1.82, 2.24) is 0 Å². The number of nitrogens with one attached hydrogen (secondary N) is 1. The number of halogens is 1. The van der Waals surface area contributed by atoms with Gasteiger partial charge in [0.05, 0.1) is 6.61 Å². The van der Waals surface area contributed by atoms with Gasteiger partial charge in [0.2, 0.25) is 0 Å². The Hall–Kier alpha value is -3.11. The lowest BCUT2D eigenvalue weighted by atomic mass is 9.91. The Labute approximate surface area is 249 Å². The van der Waals surface area contributed by atoms with Crippen molar-refractivity contribution in [1.29, 1.82) is 0 Å². The lowest BCUT2D eigenvalue weighted by Gasteiger charge is -2.43. The van der Waals surface area contributed by atoms with E-state index in [0.717, 1.165) is 33.4 Å². The largest absolute Gasteiger partial charge is 0.491 e. The van der Waals surface area contributed by atoms with Crippen LogP contribution in [0.2, 0.25) is 0 Å². The van der Waals surface area contributed by atoms with E-state index >= 15 is 0 Å². The minimum atomic E-state index is -2.58. The molecule has 0 aromatic heterocycles. The van der Waals surface area contributed by atoms with Crippen LogP contribution >= 0.6 is 10.6 Å². The molecule has 1 heterocycles. The maximum atomic E-state index is 14.6. The zero-order valence-corrected chi connectivity index (χ0v) is 25.7. The van der Waals surface area contributed by atoms with Crippen LogP contribution in [0.15, 0.2) is 48.5 Å². The van der Waals surface area contributed by atoms with Crippen LogP contribution in [0, 0.1) is 26.6 Å². The molecule has 42 heavy (non-hydrogen) atoms. The smallest absolute Gasteiger partial charge is 0.306 e. The normalized spacial score (nSPS) is 16.5. The zero-order valence-electron chi connectivity index (χ0n) is 24.8. The third kappa shape index (κ3) is 8.25. The molecule has 7 nitrogen and oxygen atoms in total. The van der Waals surface area contributed by atoms with Gasteiger partial charge < -0.3 is 19.9 Å². The summed E-state index contributed by atoms with van der Waals surface area (Å²) in [5, 5.41) is 14.2. The van der Waals surface area contributed by atoms with Crippen molar-refractivity contribution < 1.29 is 32.9 Å². The number of rotatable bonds is 11. The first kappa shape index (κ1) is 31.8. The first-order valence-corrected chi connectivity index (χ1v) is 16.2. The fourth-order valence-electron chi connectivity index (χ4n) is 5.31. The summed E-state index contributed by atoms with van der Waals surface area (Å²) in [6, 6.07) is 15.2. The van der Waals surface area contributed by atoms with E-state index in [2.05, 4.69) is 30.4 Å². The van der Waals surface area contributed by atoms with E-state index < -0.39 is 16.2 Å². The number of anilines is 1. The highest BCUT2D eigenvalue weighted by Gasteiger charge is 2.36. The molecule has 0 spiro atoms. The molecule has 0 saturated carbocycles. The number of carbonyl (C=O) groups is 1. The van der Waals surface area contributed by atoms with Crippen molar-refractivity contribution in [2.45, 2.75) is 65.5 Å². The van der Waals surface area contributed by atoms with Gasteiger partial charge in [0, 0.05) is 30.2 Å². The van der Waals surface area contributed by atoms with Gasteiger partial charge in [-0.15, -0.1) is 0 Å². The molecule has 0 bridgehead atoms. The number of carbonyl (C=O) groups excluding carboxylic acids is 1. The lowest BCUT2D eigenvalue weighted by molar-refractivity contribution is -0.143. The topological polar surface area (TPSA) is 108 Å². The monoisotopic (exact) mass is 599 g/mol. The average molecular weight is 600 g/mol. The van der Waals surface area contributed by atoms with Gasteiger partial charge in [-0.2, -0.15) is 10.6 Å². The Bertz CT molecular complexity index is 1390. The SMILES string of the molecule is CCOC(=O)CCc1ccc(NCc2ccc(C)c(-c3c(C)cc(OCC4(O)CCS(O)(O)CC4)cc3C)c2)cc1F. The summed E-state index contributed by atoms with van der Waals surface area (Å²) in [5.41, 5.74) is 6.57. The highest BCUT2D eigenvalue weighted by molar-refractivity contribution is 8.24. The molecule has 0 amide bonds. The Kier molecular flexibility index (Phi) is 10.2. The van der Waals surface area contributed by atoms with Crippen LogP contribution in [-0.4, -0.2) is 50.5 Å². The maximum Gasteiger partial charge on any atom is 0.306 e. The van der Waals surface area contributed by atoms with Gasteiger partial charge in [0.25, 0.3) is 0 Å². The van der Waals surface area contributed by atoms with E-state index in [4.69, 9.17) is 9.47 Å². The van der Waals surface area contributed by atoms with Crippen molar-refractivity contribution in [3.8, 4) is 16.9 Å². The molecule has 1 fully saturated rings. The van der Waals surface area contributed by atoms with Gasteiger partial charge >= 0.3 is 5.97 Å². The van der Waals surface area contributed by atoms with Crippen molar-refractivity contribution in [3.05, 3.63) is 82.2 Å². The van der Waals surface area contributed by atoms with Crippen LogP contribution in [0.25, 0.3) is 11.1 Å². The summed E-state index contributed by atoms with van der Waals surface area (Å²) in [7, 11) is -2.58. The number of ether oxygens (including phenoxy) is 2. The number of hydrogen-bond acceptors (Lipinski definition) is 7.